The van der Waals surface area contributed by atoms with Crippen LogP contribution in [0.2, 0.25) is 0 Å². The summed E-state index contributed by atoms with van der Waals surface area (Å²) in [4.78, 5) is 0. The minimum Gasteiger partial charge on any atom is -0.330 e. The highest BCUT2D eigenvalue weighted by molar-refractivity contribution is 5.43. The molecule has 16 heavy (non-hydrogen) atoms. The zero-order valence-corrected chi connectivity index (χ0v) is 10.1. The Balaban J connectivity index is 1.99. The maximum Gasteiger partial charge on any atom is -0.00148 e. The Morgan fingerprint density at radius 1 is 1.38 bits per heavy atom. The van der Waals surface area contributed by atoms with Gasteiger partial charge in [0.2, 0.25) is 0 Å². The summed E-state index contributed by atoms with van der Waals surface area (Å²) >= 11 is 0. The molecule has 86 valence electrons. The summed E-state index contributed by atoms with van der Waals surface area (Å²) in [6.45, 7) is 3.05. The van der Waals surface area contributed by atoms with E-state index in [1.54, 1.807) is 11.1 Å². The molecular weight excluding hydrogens is 194 g/mol. The van der Waals surface area contributed by atoms with Gasteiger partial charge in [-0.25, -0.2) is 0 Å². The van der Waals surface area contributed by atoms with Crippen molar-refractivity contribution in [2.75, 3.05) is 6.54 Å². The molecule has 1 atom stereocenters. The molecule has 1 fully saturated rings. The fraction of sp³-hybridized carbons (Fsp3) is 0.600. The van der Waals surface area contributed by atoms with Gasteiger partial charge < -0.3 is 5.73 Å². The Morgan fingerprint density at radius 3 is 2.88 bits per heavy atom. The second-order valence-electron chi connectivity index (χ2n) is 5.63. The molecule has 2 aliphatic carbocycles. The van der Waals surface area contributed by atoms with E-state index < -0.39 is 0 Å². The number of nitrogens with two attached hydrogens (primary N) is 1. The number of fused-ring (bicyclic) bond motifs is 2. The van der Waals surface area contributed by atoms with Gasteiger partial charge in [-0.15, -0.1) is 0 Å². The second-order valence-corrected chi connectivity index (χ2v) is 5.63. The number of hydrogen-bond acceptors (Lipinski definition) is 1. The molecule has 0 aliphatic heterocycles. The Hall–Kier alpha value is -0.820. The Kier molecular flexibility index (Phi) is 2.32. The highest BCUT2D eigenvalue weighted by Crippen LogP contribution is 2.59. The predicted octanol–water partition coefficient (Wildman–Crippen LogP) is 2.94. The molecule has 3 rings (SSSR count). The molecule has 0 saturated heterocycles. The fourth-order valence-corrected chi connectivity index (χ4v) is 3.68. The van der Waals surface area contributed by atoms with Gasteiger partial charge in [0.1, 0.15) is 0 Å². The maximum absolute atomic E-state index is 5.75. The Labute approximate surface area is 98.0 Å². The van der Waals surface area contributed by atoms with Crippen LogP contribution in [0, 0.1) is 12.8 Å². The molecule has 1 aromatic carbocycles. The summed E-state index contributed by atoms with van der Waals surface area (Å²) in [6.07, 6.45) is 6.63. The first-order valence-corrected chi connectivity index (χ1v) is 6.56. The van der Waals surface area contributed by atoms with Crippen molar-refractivity contribution < 1.29 is 0 Å². The SMILES string of the molecule is Cc1ccc2c(c1)CCC(CCN)C21CC1. The van der Waals surface area contributed by atoms with Crippen molar-refractivity contribution in [2.45, 2.75) is 44.4 Å². The highest BCUT2D eigenvalue weighted by atomic mass is 14.6. The minimum absolute atomic E-state index is 0.542. The molecule has 0 radical (unpaired) electrons. The second kappa shape index (κ2) is 3.59. The van der Waals surface area contributed by atoms with E-state index in [1.165, 1.54) is 37.7 Å². The lowest BCUT2D eigenvalue weighted by Gasteiger charge is -2.34. The van der Waals surface area contributed by atoms with E-state index in [0.717, 1.165) is 12.5 Å². The van der Waals surface area contributed by atoms with Gasteiger partial charge in [-0.1, -0.05) is 23.8 Å². The van der Waals surface area contributed by atoms with Gasteiger partial charge in [0.15, 0.2) is 0 Å². The normalized spacial score (nSPS) is 25.5. The van der Waals surface area contributed by atoms with Crippen LogP contribution in [0.15, 0.2) is 18.2 Å². The van der Waals surface area contributed by atoms with Crippen molar-refractivity contribution in [3.05, 3.63) is 34.9 Å². The van der Waals surface area contributed by atoms with Crippen molar-refractivity contribution in [1.29, 1.82) is 0 Å². The molecule has 1 unspecified atom stereocenters. The van der Waals surface area contributed by atoms with Crippen LogP contribution in [0.4, 0.5) is 0 Å². The van der Waals surface area contributed by atoms with Crippen molar-refractivity contribution in [2.24, 2.45) is 11.7 Å². The largest absolute Gasteiger partial charge is 0.330 e. The van der Waals surface area contributed by atoms with Crippen LogP contribution in [-0.2, 0) is 11.8 Å². The smallest absolute Gasteiger partial charge is 0.00148 e. The van der Waals surface area contributed by atoms with E-state index in [-0.39, 0.29) is 0 Å². The summed E-state index contributed by atoms with van der Waals surface area (Å²) < 4.78 is 0. The van der Waals surface area contributed by atoms with Gasteiger partial charge in [-0.05, 0) is 68.0 Å². The fourth-order valence-electron chi connectivity index (χ4n) is 3.68. The molecule has 1 spiro atoms. The third kappa shape index (κ3) is 1.41. The molecule has 1 aromatic rings. The maximum atomic E-state index is 5.75. The lowest BCUT2D eigenvalue weighted by Crippen LogP contribution is -2.29. The number of hydrogen-bond donors (Lipinski definition) is 1. The number of aryl methyl sites for hydroxylation is 2. The summed E-state index contributed by atoms with van der Waals surface area (Å²) in [6, 6.07) is 7.07. The van der Waals surface area contributed by atoms with Gasteiger partial charge in [-0.2, -0.15) is 0 Å². The number of benzene rings is 1. The van der Waals surface area contributed by atoms with Crippen molar-refractivity contribution in [1.82, 2.24) is 0 Å². The van der Waals surface area contributed by atoms with Crippen molar-refractivity contribution in [3.63, 3.8) is 0 Å². The highest BCUT2D eigenvalue weighted by Gasteiger charge is 2.52. The molecule has 0 amide bonds. The van der Waals surface area contributed by atoms with E-state index in [0.29, 0.717) is 5.41 Å². The van der Waals surface area contributed by atoms with Gasteiger partial charge in [0.25, 0.3) is 0 Å². The van der Waals surface area contributed by atoms with E-state index >= 15 is 0 Å². The number of rotatable bonds is 2. The molecule has 1 nitrogen and oxygen atoms in total. The molecule has 0 aromatic heterocycles. The molecular formula is C15H21N. The Morgan fingerprint density at radius 2 is 2.19 bits per heavy atom. The standard InChI is InChI=1S/C15H21N/c1-11-2-5-14-12(10-11)3-4-13(6-9-16)15(14)7-8-15/h2,5,10,13H,3-4,6-9,16H2,1H3. The Bertz CT molecular complexity index is 404. The molecule has 1 saturated carbocycles. The summed E-state index contributed by atoms with van der Waals surface area (Å²) in [7, 11) is 0. The molecule has 1 heteroatoms. The molecule has 2 aliphatic rings. The monoisotopic (exact) mass is 215 g/mol. The van der Waals surface area contributed by atoms with Crippen LogP contribution < -0.4 is 5.73 Å². The van der Waals surface area contributed by atoms with Crippen LogP contribution in [0.3, 0.4) is 0 Å². The quantitative estimate of drug-likeness (QED) is 0.806. The lowest BCUT2D eigenvalue weighted by molar-refractivity contribution is 0.335. The topological polar surface area (TPSA) is 26.0 Å². The zero-order chi connectivity index (χ0) is 11.2. The summed E-state index contributed by atoms with van der Waals surface area (Å²) in [5.41, 5.74) is 11.0. The average molecular weight is 215 g/mol. The van der Waals surface area contributed by atoms with Gasteiger partial charge >= 0.3 is 0 Å². The van der Waals surface area contributed by atoms with Crippen LogP contribution in [0.1, 0.15) is 42.4 Å². The third-order valence-electron chi connectivity index (χ3n) is 4.64. The predicted molar refractivity (Wildman–Crippen MR) is 67.6 cm³/mol. The van der Waals surface area contributed by atoms with Crippen LogP contribution >= 0.6 is 0 Å². The van der Waals surface area contributed by atoms with E-state index in [9.17, 15) is 0 Å². The van der Waals surface area contributed by atoms with E-state index in [4.69, 9.17) is 5.73 Å². The first-order valence-electron chi connectivity index (χ1n) is 6.56. The van der Waals surface area contributed by atoms with Crippen molar-refractivity contribution in [3.8, 4) is 0 Å². The van der Waals surface area contributed by atoms with Crippen molar-refractivity contribution >= 4 is 0 Å². The van der Waals surface area contributed by atoms with Crippen LogP contribution in [0.25, 0.3) is 0 Å². The first kappa shape index (κ1) is 10.3. The molecule has 0 bridgehead atoms. The van der Waals surface area contributed by atoms with Gasteiger partial charge in [-0.3, -0.25) is 0 Å². The molecule has 0 heterocycles. The lowest BCUT2D eigenvalue weighted by atomic mass is 9.71. The summed E-state index contributed by atoms with van der Waals surface area (Å²) in [5.74, 6) is 0.854. The summed E-state index contributed by atoms with van der Waals surface area (Å²) in [5, 5.41) is 0. The van der Waals surface area contributed by atoms with Crippen LogP contribution in [0.5, 0.6) is 0 Å². The zero-order valence-electron chi connectivity index (χ0n) is 10.1. The first-order chi connectivity index (χ1) is 7.76. The van der Waals surface area contributed by atoms with E-state index in [2.05, 4.69) is 25.1 Å². The third-order valence-corrected chi connectivity index (χ3v) is 4.64. The van der Waals surface area contributed by atoms with Gasteiger partial charge in [0.05, 0.1) is 0 Å². The molecule has 2 N–H and O–H groups in total. The average Bonchev–Trinajstić information content (AvgIpc) is 3.04. The van der Waals surface area contributed by atoms with Gasteiger partial charge in [0, 0.05) is 0 Å². The minimum atomic E-state index is 0.542. The van der Waals surface area contributed by atoms with Crippen LogP contribution in [-0.4, -0.2) is 6.54 Å². The van der Waals surface area contributed by atoms with E-state index in [1.807, 2.05) is 0 Å².